The molecule has 1 heterocycles. The second-order valence-electron chi connectivity index (χ2n) is 6.15. The number of nitrogens with zero attached hydrogens (tertiary/aromatic N) is 4. The smallest absolute Gasteiger partial charge is 0.283 e. The Morgan fingerprint density at radius 3 is 2.57 bits per heavy atom. The van der Waals surface area contributed by atoms with Crippen LogP contribution < -0.4 is 9.47 Å². The quantitative estimate of drug-likeness (QED) is 0.410. The summed E-state index contributed by atoms with van der Waals surface area (Å²) in [6, 6.07) is 8.96. The maximum absolute atomic E-state index is 12.7. The number of nitro groups is 1. The van der Waals surface area contributed by atoms with Crippen LogP contribution in [0, 0.1) is 10.1 Å². The van der Waals surface area contributed by atoms with E-state index in [1.165, 1.54) is 38.3 Å². The minimum absolute atomic E-state index is 0.0428. The number of amides is 1. The van der Waals surface area contributed by atoms with Crippen molar-refractivity contribution in [2.45, 2.75) is 6.54 Å². The minimum Gasteiger partial charge on any atom is -0.493 e. The molecule has 11 heteroatoms. The van der Waals surface area contributed by atoms with Gasteiger partial charge >= 0.3 is 0 Å². The van der Waals surface area contributed by atoms with Crippen LogP contribution >= 0.6 is 11.6 Å². The van der Waals surface area contributed by atoms with Gasteiger partial charge in [-0.1, -0.05) is 11.6 Å². The van der Waals surface area contributed by atoms with Gasteiger partial charge in [-0.25, -0.2) is 0 Å². The number of hydrogen-bond donors (Lipinski definition) is 0. The van der Waals surface area contributed by atoms with E-state index in [1.807, 2.05) is 0 Å². The predicted octanol–water partition coefficient (Wildman–Crippen LogP) is 3.59. The van der Waals surface area contributed by atoms with Crippen LogP contribution in [0.5, 0.6) is 11.5 Å². The molecule has 156 valence electrons. The van der Waals surface area contributed by atoms with Crippen LogP contribution in [0.1, 0.15) is 16.2 Å². The van der Waals surface area contributed by atoms with E-state index in [2.05, 4.69) is 10.2 Å². The molecule has 0 saturated carbocycles. The monoisotopic (exact) mass is 432 g/mol. The van der Waals surface area contributed by atoms with Crippen molar-refractivity contribution >= 4 is 23.2 Å². The van der Waals surface area contributed by atoms with Crippen molar-refractivity contribution in [1.29, 1.82) is 0 Å². The Hall–Kier alpha value is -3.66. The number of nitro benzene ring substituents is 1. The lowest BCUT2D eigenvalue weighted by molar-refractivity contribution is -0.385. The molecule has 0 fully saturated rings. The first-order valence-corrected chi connectivity index (χ1v) is 8.96. The van der Waals surface area contributed by atoms with Crippen molar-refractivity contribution < 1.29 is 23.6 Å². The minimum atomic E-state index is -0.658. The summed E-state index contributed by atoms with van der Waals surface area (Å²) in [5.41, 5.74) is 0.135. The second-order valence-corrected chi connectivity index (χ2v) is 6.59. The Balaban J connectivity index is 1.79. The molecule has 3 aromatic rings. The third-order valence-electron chi connectivity index (χ3n) is 4.20. The van der Waals surface area contributed by atoms with Crippen LogP contribution in [0.25, 0.3) is 11.5 Å². The Kier molecular flexibility index (Phi) is 6.17. The largest absolute Gasteiger partial charge is 0.493 e. The van der Waals surface area contributed by atoms with E-state index in [-0.39, 0.29) is 34.6 Å². The van der Waals surface area contributed by atoms with Crippen LogP contribution in [-0.4, -0.2) is 47.2 Å². The van der Waals surface area contributed by atoms with Crippen molar-refractivity contribution in [2.75, 3.05) is 21.3 Å². The average Bonchev–Trinajstić information content (AvgIpc) is 3.20. The standard InChI is InChI=1S/C19H17ClN4O6/c1-23(19(25)13-6-5-12(20)9-14(13)24(26)27)10-17-21-22-18(30-17)11-4-7-15(28-2)16(8-11)29-3/h4-9H,10H2,1-3H3. The van der Waals surface area contributed by atoms with Gasteiger partial charge in [-0.2, -0.15) is 0 Å². The number of carbonyl (C=O) groups is 1. The molecular weight excluding hydrogens is 416 g/mol. The van der Waals surface area contributed by atoms with E-state index in [9.17, 15) is 14.9 Å². The lowest BCUT2D eigenvalue weighted by Crippen LogP contribution is -2.27. The highest BCUT2D eigenvalue weighted by molar-refractivity contribution is 6.31. The van der Waals surface area contributed by atoms with E-state index in [0.29, 0.717) is 17.1 Å². The van der Waals surface area contributed by atoms with Crippen LogP contribution in [0.3, 0.4) is 0 Å². The number of rotatable bonds is 7. The highest BCUT2D eigenvalue weighted by Gasteiger charge is 2.24. The van der Waals surface area contributed by atoms with E-state index < -0.39 is 10.8 Å². The molecule has 0 aliphatic carbocycles. The number of ether oxygens (including phenoxy) is 2. The Bertz CT molecular complexity index is 1100. The number of methoxy groups -OCH3 is 2. The summed E-state index contributed by atoms with van der Waals surface area (Å²) in [5.74, 6) is 0.855. The maximum Gasteiger partial charge on any atom is 0.283 e. The second kappa shape index (κ2) is 8.78. The van der Waals surface area contributed by atoms with Crippen molar-refractivity contribution in [3.8, 4) is 23.0 Å². The molecular formula is C19H17ClN4O6. The molecule has 0 aliphatic rings. The molecule has 2 aromatic carbocycles. The predicted molar refractivity (Wildman–Crippen MR) is 107 cm³/mol. The van der Waals surface area contributed by atoms with Gasteiger partial charge in [-0.3, -0.25) is 14.9 Å². The van der Waals surface area contributed by atoms with Gasteiger partial charge in [-0.15, -0.1) is 10.2 Å². The zero-order valence-electron chi connectivity index (χ0n) is 16.3. The molecule has 3 rings (SSSR count). The van der Waals surface area contributed by atoms with Crippen LogP contribution in [-0.2, 0) is 6.54 Å². The van der Waals surface area contributed by atoms with E-state index in [0.717, 1.165) is 6.07 Å². The SMILES string of the molecule is COc1ccc(-c2nnc(CN(C)C(=O)c3ccc(Cl)cc3[N+](=O)[O-])o2)cc1OC. The third kappa shape index (κ3) is 4.33. The van der Waals surface area contributed by atoms with Crippen molar-refractivity contribution in [1.82, 2.24) is 15.1 Å². The molecule has 0 spiro atoms. The van der Waals surface area contributed by atoms with Crippen molar-refractivity contribution in [2.24, 2.45) is 0 Å². The summed E-state index contributed by atoms with van der Waals surface area (Å²) in [5, 5.41) is 19.3. The Morgan fingerprint density at radius 2 is 1.90 bits per heavy atom. The van der Waals surface area contributed by atoms with E-state index >= 15 is 0 Å². The average molecular weight is 433 g/mol. The highest BCUT2D eigenvalue weighted by Crippen LogP contribution is 2.32. The van der Waals surface area contributed by atoms with Crippen LogP contribution in [0.15, 0.2) is 40.8 Å². The Labute approximate surface area is 176 Å². The molecule has 0 N–H and O–H groups in total. The van der Waals surface area contributed by atoms with Gasteiger partial charge in [0.25, 0.3) is 11.6 Å². The molecule has 10 nitrogen and oxygen atoms in total. The van der Waals surface area contributed by atoms with Gasteiger partial charge in [0, 0.05) is 23.7 Å². The van der Waals surface area contributed by atoms with E-state index in [4.69, 9.17) is 25.5 Å². The molecule has 1 amide bonds. The molecule has 0 saturated heterocycles. The third-order valence-corrected chi connectivity index (χ3v) is 4.44. The van der Waals surface area contributed by atoms with Gasteiger partial charge < -0.3 is 18.8 Å². The molecule has 0 bridgehead atoms. The molecule has 0 aliphatic heterocycles. The fraction of sp³-hybridized carbons (Fsp3) is 0.211. The zero-order chi connectivity index (χ0) is 21.8. The van der Waals surface area contributed by atoms with Gasteiger partial charge in [0.1, 0.15) is 5.56 Å². The first kappa shape index (κ1) is 21.1. The topological polar surface area (TPSA) is 121 Å². The van der Waals surface area contributed by atoms with Gasteiger partial charge in [0.05, 0.1) is 25.7 Å². The van der Waals surface area contributed by atoms with Gasteiger partial charge in [0.2, 0.25) is 11.8 Å². The van der Waals surface area contributed by atoms with Crippen LogP contribution in [0.4, 0.5) is 5.69 Å². The summed E-state index contributed by atoms with van der Waals surface area (Å²) in [6.07, 6.45) is 0. The summed E-state index contributed by atoms with van der Waals surface area (Å²) in [4.78, 5) is 24.5. The molecule has 0 radical (unpaired) electrons. The lowest BCUT2D eigenvalue weighted by Gasteiger charge is -2.15. The zero-order valence-corrected chi connectivity index (χ0v) is 17.0. The molecule has 1 aromatic heterocycles. The van der Waals surface area contributed by atoms with Crippen LogP contribution in [0.2, 0.25) is 5.02 Å². The summed E-state index contributed by atoms with van der Waals surface area (Å²) < 4.78 is 16.1. The lowest BCUT2D eigenvalue weighted by atomic mass is 10.1. The summed E-state index contributed by atoms with van der Waals surface area (Å²) in [6.45, 7) is -0.0428. The highest BCUT2D eigenvalue weighted by atomic mass is 35.5. The number of halogens is 1. The molecule has 30 heavy (non-hydrogen) atoms. The van der Waals surface area contributed by atoms with E-state index in [1.54, 1.807) is 18.2 Å². The summed E-state index contributed by atoms with van der Waals surface area (Å²) in [7, 11) is 4.51. The van der Waals surface area contributed by atoms with Crippen molar-refractivity contribution in [3.63, 3.8) is 0 Å². The number of carbonyl (C=O) groups excluding carboxylic acids is 1. The maximum atomic E-state index is 12.7. The number of aromatic nitrogens is 2. The van der Waals surface area contributed by atoms with Gasteiger partial charge in [0.15, 0.2) is 11.5 Å². The number of benzene rings is 2. The Morgan fingerprint density at radius 1 is 1.17 bits per heavy atom. The fourth-order valence-corrected chi connectivity index (χ4v) is 2.89. The first-order chi connectivity index (χ1) is 14.3. The molecule has 0 atom stereocenters. The fourth-order valence-electron chi connectivity index (χ4n) is 2.72. The molecule has 0 unspecified atom stereocenters. The normalized spacial score (nSPS) is 10.5. The first-order valence-electron chi connectivity index (χ1n) is 8.58. The van der Waals surface area contributed by atoms with Crippen molar-refractivity contribution in [3.05, 3.63) is 63.0 Å². The number of hydrogen-bond acceptors (Lipinski definition) is 8. The van der Waals surface area contributed by atoms with Gasteiger partial charge in [-0.05, 0) is 30.3 Å². The summed E-state index contributed by atoms with van der Waals surface area (Å²) >= 11 is 5.80.